The number of hydrogen-bond donors (Lipinski definition) is 2. The second kappa shape index (κ2) is 6.81. The number of carbonyl (C=O) groups is 2. The first kappa shape index (κ1) is 14.3. The highest BCUT2D eigenvalue weighted by atomic mass is 16.5. The molecule has 1 rings (SSSR count). The number of amides is 1. The quantitative estimate of drug-likeness (QED) is 0.602. The van der Waals surface area contributed by atoms with Crippen LogP contribution in [-0.2, 0) is 9.59 Å². The van der Waals surface area contributed by atoms with Gasteiger partial charge in [-0.25, -0.2) is 0 Å². The summed E-state index contributed by atoms with van der Waals surface area (Å²) in [4.78, 5) is 21.8. The number of hydrogen-bond acceptors (Lipinski definition) is 4. The number of carboxylic acid groups (broad SMARTS) is 1. The van der Waals surface area contributed by atoms with Crippen molar-refractivity contribution in [2.24, 2.45) is 0 Å². The van der Waals surface area contributed by atoms with E-state index < -0.39 is 18.4 Å². The maximum atomic E-state index is 11.5. The fourth-order valence-electron chi connectivity index (χ4n) is 1.27. The highest BCUT2D eigenvalue weighted by Crippen LogP contribution is 2.13. The van der Waals surface area contributed by atoms with E-state index in [-0.39, 0.29) is 5.57 Å². The predicted molar refractivity (Wildman–Crippen MR) is 67.2 cm³/mol. The molecule has 0 aliphatic rings. The van der Waals surface area contributed by atoms with Crippen LogP contribution >= 0.6 is 0 Å². The summed E-state index contributed by atoms with van der Waals surface area (Å²) in [7, 11) is 1.53. The van der Waals surface area contributed by atoms with Crippen molar-refractivity contribution >= 4 is 18.0 Å². The third-order valence-corrected chi connectivity index (χ3v) is 2.19. The van der Waals surface area contributed by atoms with Crippen molar-refractivity contribution in [3.63, 3.8) is 0 Å². The molecule has 0 unspecified atom stereocenters. The zero-order valence-corrected chi connectivity index (χ0v) is 10.2. The Morgan fingerprint density at radius 2 is 2.05 bits per heavy atom. The third-order valence-electron chi connectivity index (χ3n) is 2.19. The van der Waals surface area contributed by atoms with E-state index in [9.17, 15) is 9.59 Å². The normalized spacial score (nSPS) is 10.4. The highest BCUT2D eigenvalue weighted by Gasteiger charge is 2.09. The maximum Gasteiger partial charge on any atom is 0.322 e. The summed E-state index contributed by atoms with van der Waals surface area (Å²) in [5.74, 6) is -1.23. The lowest BCUT2D eigenvalue weighted by atomic mass is 10.1. The molecule has 0 saturated heterocycles. The summed E-state index contributed by atoms with van der Waals surface area (Å²) in [5, 5.41) is 19.4. The number of ether oxygens (including phenoxy) is 1. The number of nitrogens with zero attached hydrogens (tertiary/aromatic N) is 1. The molecule has 0 atom stereocenters. The monoisotopic (exact) mass is 260 g/mol. The Morgan fingerprint density at radius 1 is 1.42 bits per heavy atom. The first-order valence-corrected chi connectivity index (χ1v) is 5.32. The van der Waals surface area contributed by atoms with Gasteiger partial charge in [0.2, 0.25) is 0 Å². The minimum atomic E-state index is -1.17. The van der Waals surface area contributed by atoms with Crippen LogP contribution in [0.4, 0.5) is 0 Å². The number of methoxy groups -OCH3 is 1. The summed E-state index contributed by atoms with van der Waals surface area (Å²) in [5.41, 5.74) is 0.481. The molecule has 6 nitrogen and oxygen atoms in total. The number of carboxylic acids is 1. The Hall–Kier alpha value is -2.81. The Kier molecular flexibility index (Phi) is 5.11. The first-order chi connectivity index (χ1) is 9.06. The van der Waals surface area contributed by atoms with Gasteiger partial charge in [0.05, 0.1) is 7.11 Å². The van der Waals surface area contributed by atoms with Crippen LogP contribution in [0.15, 0.2) is 29.8 Å². The van der Waals surface area contributed by atoms with E-state index in [0.29, 0.717) is 11.3 Å². The van der Waals surface area contributed by atoms with Gasteiger partial charge in [0, 0.05) is 0 Å². The molecule has 98 valence electrons. The van der Waals surface area contributed by atoms with Gasteiger partial charge in [-0.3, -0.25) is 9.59 Å². The van der Waals surface area contributed by atoms with Crippen molar-refractivity contribution < 1.29 is 19.4 Å². The van der Waals surface area contributed by atoms with Crippen molar-refractivity contribution in [3.8, 4) is 11.8 Å². The summed E-state index contributed by atoms with van der Waals surface area (Å²) < 4.78 is 4.98. The fourth-order valence-corrected chi connectivity index (χ4v) is 1.27. The van der Waals surface area contributed by atoms with Crippen molar-refractivity contribution in [1.82, 2.24) is 5.32 Å². The lowest BCUT2D eigenvalue weighted by Crippen LogP contribution is -2.30. The smallest absolute Gasteiger partial charge is 0.322 e. The molecule has 0 heterocycles. The lowest BCUT2D eigenvalue weighted by Gasteiger charge is -2.02. The van der Waals surface area contributed by atoms with E-state index in [1.165, 1.54) is 13.2 Å². The summed E-state index contributed by atoms with van der Waals surface area (Å²) >= 11 is 0. The van der Waals surface area contributed by atoms with Gasteiger partial charge in [-0.2, -0.15) is 5.26 Å². The summed E-state index contributed by atoms with van der Waals surface area (Å²) in [6.45, 7) is -0.527. The molecule has 6 heteroatoms. The van der Waals surface area contributed by atoms with Crippen molar-refractivity contribution in [1.29, 1.82) is 5.26 Å². The Morgan fingerprint density at radius 3 is 2.53 bits per heavy atom. The van der Waals surface area contributed by atoms with Crippen molar-refractivity contribution in [3.05, 3.63) is 35.4 Å². The van der Waals surface area contributed by atoms with Crippen LogP contribution in [0.5, 0.6) is 5.75 Å². The van der Waals surface area contributed by atoms with Crippen LogP contribution in [0.2, 0.25) is 0 Å². The van der Waals surface area contributed by atoms with Gasteiger partial charge in [-0.1, -0.05) is 12.1 Å². The van der Waals surface area contributed by atoms with Gasteiger partial charge in [-0.15, -0.1) is 0 Å². The highest BCUT2D eigenvalue weighted by molar-refractivity contribution is 6.02. The van der Waals surface area contributed by atoms with Crippen LogP contribution in [0.1, 0.15) is 5.56 Å². The molecule has 0 radical (unpaired) electrons. The van der Waals surface area contributed by atoms with Gasteiger partial charge in [0.25, 0.3) is 5.91 Å². The molecule has 2 N–H and O–H groups in total. The van der Waals surface area contributed by atoms with E-state index >= 15 is 0 Å². The topological polar surface area (TPSA) is 99.4 Å². The molecule has 1 aromatic rings. The molecule has 0 spiro atoms. The van der Waals surface area contributed by atoms with E-state index in [4.69, 9.17) is 15.1 Å². The molecular formula is C13H12N2O4. The maximum absolute atomic E-state index is 11.5. The van der Waals surface area contributed by atoms with E-state index in [1.807, 2.05) is 0 Å². The second-order valence-corrected chi connectivity index (χ2v) is 3.52. The number of nitriles is 1. The molecular weight excluding hydrogens is 248 g/mol. The Labute approximate surface area is 109 Å². The van der Waals surface area contributed by atoms with Crippen molar-refractivity contribution in [2.75, 3.05) is 13.7 Å². The van der Waals surface area contributed by atoms with Crippen LogP contribution in [0.3, 0.4) is 0 Å². The molecule has 1 amide bonds. The average Bonchev–Trinajstić information content (AvgIpc) is 2.42. The third kappa shape index (κ3) is 4.52. The van der Waals surface area contributed by atoms with Gasteiger partial charge in [-0.05, 0) is 23.8 Å². The molecule has 0 aromatic heterocycles. The standard InChI is InChI=1S/C13H12N2O4/c1-19-11-4-2-9(3-5-11)6-10(7-14)13(18)15-8-12(16)17/h2-6H,8H2,1H3,(H,15,18)(H,16,17). The Balaban J connectivity index is 2.83. The van der Waals surface area contributed by atoms with Gasteiger partial charge >= 0.3 is 5.97 Å². The molecule has 0 saturated carbocycles. The number of aliphatic carboxylic acids is 1. The molecule has 0 bridgehead atoms. The van der Waals surface area contributed by atoms with E-state index in [2.05, 4.69) is 5.32 Å². The molecule has 19 heavy (non-hydrogen) atoms. The zero-order valence-electron chi connectivity index (χ0n) is 10.2. The van der Waals surface area contributed by atoms with Crippen LogP contribution in [-0.4, -0.2) is 30.6 Å². The summed E-state index contributed by atoms with van der Waals surface area (Å²) in [6, 6.07) is 8.47. The van der Waals surface area contributed by atoms with E-state index in [0.717, 1.165) is 0 Å². The fraction of sp³-hybridized carbons (Fsp3) is 0.154. The minimum absolute atomic E-state index is 0.161. The van der Waals surface area contributed by atoms with Crippen LogP contribution < -0.4 is 10.1 Å². The number of rotatable bonds is 5. The predicted octanol–water partition coefficient (Wildman–Crippen LogP) is 0.803. The van der Waals surface area contributed by atoms with Gasteiger partial charge in [0.15, 0.2) is 0 Å². The molecule has 0 fully saturated rings. The van der Waals surface area contributed by atoms with Crippen LogP contribution in [0.25, 0.3) is 6.08 Å². The first-order valence-electron chi connectivity index (χ1n) is 5.32. The number of carbonyl (C=O) groups excluding carboxylic acids is 1. The van der Waals surface area contributed by atoms with Gasteiger partial charge in [0.1, 0.15) is 23.9 Å². The lowest BCUT2D eigenvalue weighted by molar-refractivity contribution is -0.137. The number of benzene rings is 1. The van der Waals surface area contributed by atoms with E-state index in [1.54, 1.807) is 30.3 Å². The SMILES string of the molecule is COc1ccc(C=C(C#N)C(=O)NCC(=O)O)cc1. The zero-order chi connectivity index (χ0) is 14.3. The number of nitrogens with one attached hydrogen (secondary N) is 1. The van der Waals surface area contributed by atoms with Gasteiger partial charge < -0.3 is 15.2 Å². The minimum Gasteiger partial charge on any atom is -0.497 e. The second-order valence-electron chi connectivity index (χ2n) is 3.52. The average molecular weight is 260 g/mol. The molecule has 0 aliphatic heterocycles. The van der Waals surface area contributed by atoms with Crippen LogP contribution in [0, 0.1) is 11.3 Å². The molecule has 1 aromatic carbocycles. The summed E-state index contributed by atoms with van der Waals surface area (Å²) in [6.07, 6.45) is 1.37. The molecule has 0 aliphatic carbocycles. The largest absolute Gasteiger partial charge is 0.497 e. The Bertz CT molecular complexity index is 541. The van der Waals surface area contributed by atoms with Crippen molar-refractivity contribution in [2.45, 2.75) is 0 Å².